The molecule has 1 amide bonds. The van der Waals surface area contributed by atoms with Crippen molar-refractivity contribution in [2.75, 3.05) is 31.1 Å². The number of hydrogen-bond acceptors (Lipinski definition) is 3. The van der Waals surface area contributed by atoms with Crippen molar-refractivity contribution in [1.29, 1.82) is 0 Å². The van der Waals surface area contributed by atoms with Crippen molar-refractivity contribution in [3.63, 3.8) is 0 Å². The van der Waals surface area contributed by atoms with Gasteiger partial charge in [-0.2, -0.15) is 0 Å². The van der Waals surface area contributed by atoms with Crippen molar-refractivity contribution in [1.82, 2.24) is 9.88 Å². The van der Waals surface area contributed by atoms with Crippen molar-refractivity contribution in [2.24, 2.45) is 5.92 Å². The summed E-state index contributed by atoms with van der Waals surface area (Å²) in [7, 11) is 0. The molecule has 2 aliphatic rings. The first-order valence-corrected chi connectivity index (χ1v) is 7.67. The van der Waals surface area contributed by atoms with Gasteiger partial charge in [-0.3, -0.25) is 9.78 Å². The minimum atomic E-state index is 0.332. The molecular weight excluding hydrogens is 306 g/mol. The summed E-state index contributed by atoms with van der Waals surface area (Å²) in [5.41, 5.74) is 1.13. The third-order valence-corrected chi connectivity index (χ3v) is 4.22. The summed E-state index contributed by atoms with van der Waals surface area (Å²) in [5.74, 6) is 0.702. The summed E-state index contributed by atoms with van der Waals surface area (Å²) in [4.78, 5) is 20.7. The fourth-order valence-corrected chi connectivity index (χ4v) is 2.91. The van der Waals surface area contributed by atoms with Gasteiger partial charge in [-0.05, 0) is 41.3 Å². The van der Waals surface area contributed by atoms with Crippen molar-refractivity contribution < 1.29 is 4.79 Å². The van der Waals surface area contributed by atoms with Crippen LogP contribution in [-0.4, -0.2) is 42.0 Å². The molecule has 1 aliphatic heterocycles. The molecule has 0 bridgehead atoms. The Morgan fingerprint density at radius 2 is 2.05 bits per heavy atom. The van der Waals surface area contributed by atoms with E-state index < -0.39 is 0 Å². The van der Waals surface area contributed by atoms with E-state index in [1.807, 2.05) is 11.1 Å². The van der Waals surface area contributed by atoms with Crippen LogP contribution in [0.5, 0.6) is 0 Å². The smallest absolute Gasteiger partial charge is 0.225 e. The molecule has 0 spiro atoms. The molecule has 0 unspecified atom stereocenters. The van der Waals surface area contributed by atoms with Gasteiger partial charge < -0.3 is 9.80 Å². The Labute approximate surface area is 121 Å². The Balaban J connectivity index is 1.65. The van der Waals surface area contributed by atoms with E-state index in [-0.39, 0.29) is 0 Å². The van der Waals surface area contributed by atoms with E-state index >= 15 is 0 Å². The Bertz CT molecular complexity index is 476. The van der Waals surface area contributed by atoms with Crippen LogP contribution in [0.4, 0.5) is 5.69 Å². The van der Waals surface area contributed by atoms with Crippen LogP contribution >= 0.6 is 15.9 Å². The lowest BCUT2D eigenvalue weighted by molar-refractivity contribution is -0.132. The first-order valence-electron chi connectivity index (χ1n) is 6.88. The number of carbonyl (C=O) groups is 1. The zero-order chi connectivity index (χ0) is 13.2. The van der Waals surface area contributed by atoms with Gasteiger partial charge in [0.05, 0.1) is 11.9 Å². The quantitative estimate of drug-likeness (QED) is 0.837. The number of rotatable bonds is 2. The molecule has 1 aromatic heterocycles. The molecule has 1 saturated heterocycles. The molecule has 2 fully saturated rings. The van der Waals surface area contributed by atoms with Crippen molar-refractivity contribution in [3.05, 3.63) is 22.9 Å². The third kappa shape index (κ3) is 3.08. The van der Waals surface area contributed by atoms with Crippen LogP contribution in [0.2, 0.25) is 0 Å². The maximum atomic E-state index is 12.1. The fraction of sp³-hybridized carbons (Fsp3) is 0.571. The van der Waals surface area contributed by atoms with Crippen LogP contribution in [0.3, 0.4) is 0 Å². The zero-order valence-corrected chi connectivity index (χ0v) is 12.5. The van der Waals surface area contributed by atoms with Crippen LogP contribution in [-0.2, 0) is 4.79 Å². The average Bonchev–Trinajstić information content (AvgIpc) is 3.24. The van der Waals surface area contributed by atoms with Crippen LogP contribution < -0.4 is 4.90 Å². The van der Waals surface area contributed by atoms with Crippen LogP contribution in [0.25, 0.3) is 0 Å². The van der Waals surface area contributed by atoms with E-state index in [0.29, 0.717) is 11.8 Å². The first kappa shape index (κ1) is 12.9. The van der Waals surface area contributed by atoms with Crippen molar-refractivity contribution in [3.8, 4) is 0 Å². The SMILES string of the molecule is O=C(C1CC1)N1CCCN(c2cncc(Br)c2)CC1. The van der Waals surface area contributed by atoms with Gasteiger partial charge in [-0.25, -0.2) is 0 Å². The van der Waals surface area contributed by atoms with E-state index in [0.717, 1.165) is 55.6 Å². The molecule has 1 aromatic rings. The number of halogens is 1. The molecular formula is C14H18BrN3O. The normalized spacial score (nSPS) is 20.3. The van der Waals surface area contributed by atoms with Gasteiger partial charge in [0.1, 0.15) is 0 Å². The van der Waals surface area contributed by atoms with Gasteiger partial charge in [0.25, 0.3) is 0 Å². The minimum absolute atomic E-state index is 0.332. The third-order valence-electron chi connectivity index (χ3n) is 3.79. The molecule has 19 heavy (non-hydrogen) atoms. The summed E-state index contributed by atoms with van der Waals surface area (Å²) in [6.45, 7) is 3.62. The molecule has 102 valence electrons. The van der Waals surface area contributed by atoms with Crippen LogP contribution in [0.15, 0.2) is 22.9 Å². The first-order chi connectivity index (χ1) is 9.24. The highest BCUT2D eigenvalue weighted by Crippen LogP contribution is 2.31. The molecule has 4 nitrogen and oxygen atoms in total. The lowest BCUT2D eigenvalue weighted by atomic mass is 10.3. The summed E-state index contributed by atoms with van der Waals surface area (Å²) in [6, 6.07) is 2.09. The van der Waals surface area contributed by atoms with Gasteiger partial charge in [0, 0.05) is 42.8 Å². The second kappa shape index (κ2) is 5.49. The molecule has 0 N–H and O–H groups in total. The number of anilines is 1. The lowest BCUT2D eigenvalue weighted by Crippen LogP contribution is -2.36. The Morgan fingerprint density at radius 1 is 1.21 bits per heavy atom. The number of aromatic nitrogens is 1. The standard InChI is InChI=1S/C14H18BrN3O/c15-12-8-13(10-16-9-12)17-4-1-5-18(7-6-17)14(19)11-2-3-11/h8-11H,1-7H2. The number of hydrogen-bond donors (Lipinski definition) is 0. The highest BCUT2D eigenvalue weighted by Gasteiger charge is 2.33. The van der Waals surface area contributed by atoms with Crippen LogP contribution in [0, 0.1) is 5.92 Å². The molecule has 3 rings (SSSR count). The van der Waals surface area contributed by atoms with Gasteiger partial charge in [0.2, 0.25) is 5.91 Å². The molecule has 2 heterocycles. The Kier molecular flexibility index (Phi) is 3.73. The number of pyridine rings is 1. The topological polar surface area (TPSA) is 36.4 Å². The van der Waals surface area contributed by atoms with E-state index in [2.05, 4.69) is 31.9 Å². The monoisotopic (exact) mass is 323 g/mol. The molecule has 0 aromatic carbocycles. The zero-order valence-electron chi connectivity index (χ0n) is 10.9. The molecule has 0 atom stereocenters. The van der Waals surface area contributed by atoms with E-state index in [4.69, 9.17) is 0 Å². The number of carbonyl (C=O) groups excluding carboxylic acids is 1. The molecule has 0 radical (unpaired) electrons. The summed E-state index contributed by atoms with van der Waals surface area (Å²) in [5, 5.41) is 0. The summed E-state index contributed by atoms with van der Waals surface area (Å²) >= 11 is 3.46. The lowest BCUT2D eigenvalue weighted by Gasteiger charge is -2.23. The van der Waals surface area contributed by atoms with E-state index in [1.54, 1.807) is 6.20 Å². The highest BCUT2D eigenvalue weighted by molar-refractivity contribution is 9.10. The van der Waals surface area contributed by atoms with Gasteiger partial charge >= 0.3 is 0 Å². The average molecular weight is 324 g/mol. The fourth-order valence-electron chi connectivity index (χ4n) is 2.56. The van der Waals surface area contributed by atoms with Crippen molar-refractivity contribution in [2.45, 2.75) is 19.3 Å². The van der Waals surface area contributed by atoms with Crippen LogP contribution in [0.1, 0.15) is 19.3 Å². The van der Waals surface area contributed by atoms with Gasteiger partial charge in [-0.1, -0.05) is 0 Å². The minimum Gasteiger partial charge on any atom is -0.368 e. The second-order valence-corrected chi connectivity index (χ2v) is 6.22. The maximum absolute atomic E-state index is 12.1. The predicted molar refractivity (Wildman–Crippen MR) is 78.1 cm³/mol. The highest BCUT2D eigenvalue weighted by atomic mass is 79.9. The van der Waals surface area contributed by atoms with Crippen molar-refractivity contribution >= 4 is 27.5 Å². The molecule has 5 heteroatoms. The Morgan fingerprint density at radius 3 is 2.79 bits per heavy atom. The predicted octanol–water partition coefficient (Wildman–Crippen LogP) is 2.29. The van der Waals surface area contributed by atoms with E-state index in [1.165, 1.54) is 0 Å². The second-order valence-electron chi connectivity index (χ2n) is 5.30. The van der Waals surface area contributed by atoms with Gasteiger partial charge in [0.15, 0.2) is 0 Å². The largest absolute Gasteiger partial charge is 0.368 e. The Hall–Kier alpha value is -1.10. The van der Waals surface area contributed by atoms with E-state index in [9.17, 15) is 4.79 Å². The molecule has 1 saturated carbocycles. The number of nitrogens with zero attached hydrogens (tertiary/aromatic N) is 3. The summed E-state index contributed by atoms with van der Waals surface area (Å²) in [6.07, 6.45) is 6.90. The summed E-state index contributed by atoms with van der Waals surface area (Å²) < 4.78 is 1.00. The maximum Gasteiger partial charge on any atom is 0.225 e. The number of amides is 1. The van der Waals surface area contributed by atoms with Gasteiger partial charge in [-0.15, -0.1) is 0 Å². The molecule has 1 aliphatic carbocycles.